The van der Waals surface area contributed by atoms with Gasteiger partial charge in [-0.15, -0.1) is 0 Å². The summed E-state index contributed by atoms with van der Waals surface area (Å²) in [6.45, 7) is 0.572. The molecule has 4 aromatic rings. The molecule has 0 atom stereocenters. The van der Waals surface area contributed by atoms with Gasteiger partial charge in [0, 0.05) is 23.2 Å². The van der Waals surface area contributed by atoms with Gasteiger partial charge in [0.1, 0.15) is 0 Å². The van der Waals surface area contributed by atoms with Gasteiger partial charge in [0.15, 0.2) is 15.5 Å². The van der Waals surface area contributed by atoms with Gasteiger partial charge in [-0.3, -0.25) is 9.48 Å². The predicted octanol–water partition coefficient (Wildman–Crippen LogP) is 4.07. The lowest BCUT2D eigenvalue weighted by atomic mass is 10.2. The number of fused-ring (bicyclic) bond motifs is 1. The molecule has 31 heavy (non-hydrogen) atoms. The van der Waals surface area contributed by atoms with Crippen LogP contribution in [0, 0.1) is 0 Å². The van der Waals surface area contributed by atoms with E-state index in [-0.39, 0.29) is 17.3 Å². The minimum Gasteiger partial charge on any atom is -0.346 e. The number of nitrogens with one attached hydrogen (secondary N) is 1. The van der Waals surface area contributed by atoms with Crippen LogP contribution in [0.5, 0.6) is 0 Å². The number of benzene rings is 3. The van der Waals surface area contributed by atoms with Crippen LogP contribution in [-0.2, 0) is 22.9 Å². The first-order valence-electron chi connectivity index (χ1n) is 9.59. The second-order valence-corrected chi connectivity index (χ2v) is 9.63. The molecule has 0 bridgehead atoms. The summed E-state index contributed by atoms with van der Waals surface area (Å²) in [4.78, 5) is 13.2. The lowest BCUT2D eigenvalue weighted by Gasteiger charge is -2.08. The van der Waals surface area contributed by atoms with Crippen LogP contribution < -0.4 is 5.32 Å². The second kappa shape index (κ2) is 8.53. The van der Waals surface area contributed by atoms with Gasteiger partial charge in [0.05, 0.1) is 17.0 Å². The first-order valence-corrected chi connectivity index (χ1v) is 11.9. The molecular weight excluding hydrogens is 434 g/mol. The highest BCUT2D eigenvalue weighted by Gasteiger charge is 2.18. The first-order chi connectivity index (χ1) is 14.8. The van der Waals surface area contributed by atoms with Crippen LogP contribution in [0.1, 0.15) is 21.6 Å². The molecule has 0 saturated heterocycles. The zero-order chi connectivity index (χ0) is 22.0. The first kappa shape index (κ1) is 21.1. The third-order valence-electron chi connectivity index (χ3n) is 4.93. The number of hydrogen-bond donors (Lipinski definition) is 1. The van der Waals surface area contributed by atoms with Gasteiger partial charge < -0.3 is 5.32 Å². The molecule has 6 nitrogen and oxygen atoms in total. The van der Waals surface area contributed by atoms with Crippen LogP contribution in [0.15, 0.2) is 77.7 Å². The Kier molecular flexibility index (Phi) is 5.80. The van der Waals surface area contributed by atoms with Gasteiger partial charge in [-0.2, -0.15) is 5.10 Å². The summed E-state index contributed by atoms with van der Waals surface area (Å²) >= 11 is 5.97. The average molecular weight is 454 g/mol. The minimum absolute atomic E-state index is 0.0838. The molecule has 0 aliphatic carbocycles. The number of halogens is 1. The molecule has 1 aromatic heterocycles. The lowest BCUT2D eigenvalue weighted by Crippen LogP contribution is -2.24. The second-order valence-electron chi connectivity index (χ2n) is 7.21. The molecule has 1 N–H and O–H groups in total. The maximum Gasteiger partial charge on any atom is 0.272 e. The van der Waals surface area contributed by atoms with Gasteiger partial charge in [-0.1, -0.05) is 60.1 Å². The van der Waals surface area contributed by atoms with E-state index >= 15 is 0 Å². The number of nitrogens with zero attached hydrogens (tertiary/aromatic N) is 2. The smallest absolute Gasteiger partial charge is 0.272 e. The zero-order valence-corrected chi connectivity index (χ0v) is 18.3. The standard InChI is InChI=1S/C23H20ClN3O3S/c1-31(29,30)21-9-5-2-6-17(21)14-25-23(28)22-19-7-3-4-8-20(19)27(26-22)15-16-10-12-18(24)13-11-16/h2-13H,14-15H2,1H3,(H,25,28). The van der Waals surface area contributed by atoms with E-state index in [0.717, 1.165) is 22.7 Å². The number of amides is 1. The summed E-state index contributed by atoms with van der Waals surface area (Å²) in [5.41, 5.74) is 2.66. The van der Waals surface area contributed by atoms with Crippen LogP contribution in [0.2, 0.25) is 5.02 Å². The summed E-state index contributed by atoms with van der Waals surface area (Å²) < 4.78 is 25.8. The lowest BCUT2D eigenvalue weighted by molar-refractivity contribution is 0.0946. The van der Waals surface area contributed by atoms with Crippen molar-refractivity contribution in [1.82, 2.24) is 15.1 Å². The monoisotopic (exact) mass is 453 g/mol. The van der Waals surface area contributed by atoms with Crippen molar-refractivity contribution >= 4 is 38.2 Å². The van der Waals surface area contributed by atoms with Crippen molar-refractivity contribution in [3.05, 3.63) is 94.6 Å². The summed E-state index contributed by atoms with van der Waals surface area (Å²) in [5.74, 6) is -0.366. The van der Waals surface area contributed by atoms with E-state index in [2.05, 4.69) is 10.4 Å². The predicted molar refractivity (Wildman–Crippen MR) is 121 cm³/mol. The SMILES string of the molecule is CS(=O)(=O)c1ccccc1CNC(=O)c1nn(Cc2ccc(Cl)cc2)c2ccccc12. The molecule has 0 fully saturated rings. The molecule has 0 saturated carbocycles. The molecular formula is C23H20ClN3O3S. The third kappa shape index (κ3) is 4.62. The minimum atomic E-state index is -3.39. The molecule has 0 aliphatic rings. The number of carbonyl (C=O) groups is 1. The molecule has 4 rings (SSSR count). The van der Waals surface area contributed by atoms with Crippen molar-refractivity contribution in [3.63, 3.8) is 0 Å². The van der Waals surface area contributed by atoms with E-state index < -0.39 is 9.84 Å². The molecule has 1 amide bonds. The summed E-state index contributed by atoms with van der Waals surface area (Å²) in [7, 11) is -3.39. The third-order valence-corrected chi connectivity index (χ3v) is 6.38. The maximum absolute atomic E-state index is 12.9. The van der Waals surface area contributed by atoms with Crippen LogP contribution in [0.3, 0.4) is 0 Å². The Balaban J connectivity index is 1.61. The molecule has 0 radical (unpaired) electrons. The molecule has 1 heterocycles. The summed E-state index contributed by atoms with van der Waals surface area (Å²) in [5, 5.41) is 8.73. The molecule has 0 aliphatic heterocycles. The molecule has 0 spiro atoms. The van der Waals surface area contributed by atoms with Crippen LogP contribution in [0.4, 0.5) is 0 Å². The Bertz CT molecular complexity index is 1360. The van der Waals surface area contributed by atoms with E-state index in [1.54, 1.807) is 22.9 Å². The van der Waals surface area contributed by atoms with E-state index in [4.69, 9.17) is 11.6 Å². The highest BCUT2D eigenvalue weighted by atomic mass is 35.5. The fraction of sp³-hybridized carbons (Fsp3) is 0.130. The number of sulfone groups is 1. The molecule has 158 valence electrons. The Morgan fingerprint density at radius 3 is 2.42 bits per heavy atom. The highest BCUT2D eigenvalue weighted by Crippen LogP contribution is 2.21. The summed E-state index contributed by atoms with van der Waals surface area (Å²) in [6, 6.07) is 21.6. The largest absolute Gasteiger partial charge is 0.346 e. The van der Waals surface area contributed by atoms with Gasteiger partial charge in [-0.05, 0) is 35.4 Å². The fourth-order valence-electron chi connectivity index (χ4n) is 3.45. The number of carbonyl (C=O) groups excluding carboxylic acids is 1. The van der Waals surface area contributed by atoms with Crippen molar-refractivity contribution in [2.24, 2.45) is 0 Å². The highest BCUT2D eigenvalue weighted by molar-refractivity contribution is 7.90. The number of para-hydroxylation sites is 1. The molecule has 8 heteroatoms. The summed E-state index contributed by atoms with van der Waals surface area (Å²) in [6.07, 6.45) is 1.15. The van der Waals surface area contributed by atoms with Crippen molar-refractivity contribution in [3.8, 4) is 0 Å². The Morgan fingerprint density at radius 2 is 1.68 bits per heavy atom. The maximum atomic E-state index is 12.9. The van der Waals surface area contributed by atoms with E-state index in [9.17, 15) is 13.2 Å². The number of hydrogen-bond acceptors (Lipinski definition) is 4. The molecule has 0 unspecified atom stereocenters. The normalized spacial score (nSPS) is 11.5. The zero-order valence-electron chi connectivity index (χ0n) is 16.7. The van der Waals surface area contributed by atoms with Gasteiger partial charge in [0.25, 0.3) is 5.91 Å². The molecule has 3 aromatic carbocycles. The van der Waals surface area contributed by atoms with Gasteiger partial charge in [0.2, 0.25) is 0 Å². The Hall–Kier alpha value is -3.16. The number of rotatable bonds is 6. The van der Waals surface area contributed by atoms with Crippen LogP contribution in [0.25, 0.3) is 10.9 Å². The van der Waals surface area contributed by atoms with Crippen LogP contribution in [-0.4, -0.2) is 30.4 Å². The quantitative estimate of drug-likeness (QED) is 0.477. The fourth-order valence-corrected chi connectivity index (χ4v) is 4.52. The van der Waals surface area contributed by atoms with E-state index in [0.29, 0.717) is 22.8 Å². The van der Waals surface area contributed by atoms with Crippen molar-refractivity contribution in [1.29, 1.82) is 0 Å². The van der Waals surface area contributed by atoms with Crippen molar-refractivity contribution in [2.75, 3.05) is 6.26 Å². The van der Waals surface area contributed by atoms with Gasteiger partial charge in [-0.25, -0.2) is 8.42 Å². The van der Waals surface area contributed by atoms with E-state index in [1.807, 2.05) is 48.5 Å². The average Bonchev–Trinajstić information content (AvgIpc) is 3.12. The van der Waals surface area contributed by atoms with Gasteiger partial charge >= 0.3 is 0 Å². The van der Waals surface area contributed by atoms with Crippen LogP contribution >= 0.6 is 11.6 Å². The Labute approximate surface area is 185 Å². The van der Waals surface area contributed by atoms with Crippen molar-refractivity contribution < 1.29 is 13.2 Å². The topological polar surface area (TPSA) is 81.1 Å². The van der Waals surface area contributed by atoms with Crippen molar-refractivity contribution in [2.45, 2.75) is 18.0 Å². The Morgan fingerprint density at radius 1 is 1.00 bits per heavy atom. The van der Waals surface area contributed by atoms with E-state index in [1.165, 1.54) is 6.07 Å². The number of aromatic nitrogens is 2.